The summed E-state index contributed by atoms with van der Waals surface area (Å²) < 4.78 is 10.6. The van der Waals surface area contributed by atoms with Crippen LogP contribution in [0.4, 0.5) is 5.82 Å². The zero-order valence-electron chi connectivity index (χ0n) is 11.5. The molecule has 1 aromatic carbocycles. The highest BCUT2D eigenvalue weighted by molar-refractivity contribution is 5.68. The van der Waals surface area contributed by atoms with Gasteiger partial charge in [-0.1, -0.05) is 0 Å². The number of benzene rings is 1. The molecule has 2 aromatic rings. The van der Waals surface area contributed by atoms with Gasteiger partial charge in [0.05, 0.1) is 19.8 Å². The van der Waals surface area contributed by atoms with Crippen LogP contribution in [0.1, 0.15) is 11.3 Å². The van der Waals surface area contributed by atoms with Crippen LogP contribution in [0.25, 0.3) is 11.4 Å². The molecule has 0 fully saturated rings. The molecule has 1 heterocycles. The Morgan fingerprint density at radius 2 is 1.79 bits per heavy atom. The lowest BCUT2D eigenvalue weighted by molar-refractivity contribution is 0.404. The van der Waals surface area contributed by atoms with Gasteiger partial charge >= 0.3 is 0 Å². The summed E-state index contributed by atoms with van der Waals surface area (Å²) in [6.45, 7) is 3.81. The number of nitrogen functional groups attached to an aromatic ring is 1. The lowest BCUT2D eigenvalue weighted by Crippen LogP contribution is -2.03. The maximum absolute atomic E-state index is 5.90. The van der Waals surface area contributed by atoms with Crippen LogP contribution in [-0.4, -0.2) is 24.2 Å². The average molecular weight is 259 g/mol. The minimum atomic E-state index is 0.479. The number of hydrogen-bond acceptors (Lipinski definition) is 5. The summed E-state index contributed by atoms with van der Waals surface area (Å²) in [6, 6.07) is 5.48. The molecule has 0 aliphatic heterocycles. The van der Waals surface area contributed by atoms with E-state index in [9.17, 15) is 0 Å². The second-order valence-corrected chi connectivity index (χ2v) is 4.21. The van der Waals surface area contributed by atoms with Crippen LogP contribution < -0.4 is 15.2 Å². The summed E-state index contributed by atoms with van der Waals surface area (Å²) in [5, 5.41) is 0. The third-order valence-electron chi connectivity index (χ3n) is 3.07. The Labute approximate surface area is 112 Å². The largest absolute Gasteiger partial charge is 0.497 e. The van der Waals surface area contributed by atoms with Crippen LogP contribution in [0.3, 0.4) is 0 Å². The van der Waals surface area contributed by atoms with E-state index in [0.717, 1.165) is 22.6 Å². The molecule has 0 saturated heterocycles. The topological polar surface area (TPSA) is 70.3 Å². The highest BCUT2D eigenvalue weighted by atomic mass is 16.5. The normalized spacial score (nSPS) is 10.3. The molecule has 0 saturated carbocycles. The Morgan fingerprint density at radius 1 is 1.05 bits per heavy atom. The number of rotatable bonds is 3. The summed E-state index contributed by atoms with van der Waals surface area (Å²) in [5.41, 5.74) is 8.41. The zero-order valence-corrected chi connectivity index (χ0v) is 11.5. The van der Waals surface area contributed by atoms with Crippen molar-refractivity contribution >= 4 is 5.82 Å². The van der Waals surface area contributed by atoms with E-state index in [-0.39, 0.29) is 0 Å². The van der Waals surface area contributed by atoms with Crippen LogP contribution in [-0.2, 0) is 0 Å². The number of aromatic nitrogens is 2. The van der Waals surface area contributed by atoms with Gasteiger partial charge in [0.15, 0.2) is 5.82 Å². The first-order valence-corrected chi connectivity index (χ1v) is 5.90. The molecule has 5 nitrogen and oxygen atoms in total. The number of nitrogens with zero attached hydrogens (tertiary/aromatic N) is 2. The van der Waals surface area contributed by atoms with Crippen molar-refractivity contribution in [2.24, 2.45) is 0 Å². The molecule has 100 valence electrons. The lowest BCUT2D eigenvalue weighted by atomic mass is 10.1. The minimum absolute atomic E-state index is 0.479. The van der Waals surface area contributed by atoms with Crippen molar-refractivity contribution in [1.82, 2.24) is 9.97 Å². The molecule has 0 aliphatic rings. The Kier molecular flexibility index (Phi) is 3.55. The second-order valence-electron chi connectivity index (χ2n) is 4.21. The van der Waals surface area contributed by atoms with Crippen molar-refractivity contribution in [1.29, 1.82) is 0 Å². The number of nitrogens with two attached hydrogens (primary N) is 1. The van der Waals surface area contributed by atoms with Gasteiger partial charge in [0, 0.05) is 11.3 Å². The van der Waals surface area contributed by atoms with E-state index in [1.807, 2.05) is 32.0 Å². The predicted molar refractivity (Wildman–Crippen MR) is 74.5 cm³/mol. The Morgan fingerprint density at radius 3 is 2.37 bits per heavy atom. The molecule has 19 heavy (non-hydrogen) atoms. The quantitative estimate of drug-likeness (QED) is 0.916. The van der Waals surface area contributed by atoms with E-state index in [4.69, 9.17) is 15.2 Å². The fourth-order valence-electron chi connectivity index (χ4n) is 1.76. The minimum Gasteiger partial charge on any atom is -0.497 e. The van der Waals surface area contributed by atoms with E-state index in [2.05, 4.69) is 9.97 Å². The van der Waals surface area contributed by atoms with Gasteiger partial charge in [-0.15, -0.1) is 0 Å². The molecule has 0 aliphatic carbocycles. The van der Waals surface area contributed by atoms with Crippen molar-refractivity contribution < 1.29 is 9.47 Å². The Balaban J connectivity index is 2.63. The third kappa shape index (κ3) is 2.45. The first-order chi connectivity index (χ1) is 9.06. The van der Waals surface area contributed by atoms with Gasteiger partial charge < -0.3 is 15.2 Å². The highest BCUT2D eigenvalue weighted by Gasteiger charge is 2.13. The van der Waals surface area contributed by atoms with E-state index < -0.39 is 0 Å². The molecule has 0 amide bonds. The third-order valence-corrected chi connectivity index (χ3v) is 3.07. The molecular weight excluding hydrogens is 242 g/mol. The van der Waals surface area contributed by atoms with Crippen LogP contribution in [0.15, 0.2) is 18.2 Å². The van der Waals surface area contributed by atoms with Gasteiger partial charge in [-0.2, -0.15) is 0 Å². The molecule has 5 heteroatoms. The molecule has 0 spiro atoms. The van der Waals surface area contributed by atoms with Crippen molar-refractivity contribution in [2.75, 3.05) is 20.0 Å². The summed E-state index contributed by atoms with van der Waals surface area (Å²) in [7, 11) is 3.22. The van der Waals surface area contributed by atoms with Gasteiger partial charge in [-0.25, -0.2) is 9.97 Å². The van der Waals surface area contributed by atoms with Gasteiger partial charge in [-0.3, -0.25) is 0 Å². The Hall–Kier alpha value is -2.30. The molecular formula is C14H17N3O2. The number of aryl methyl sites for hydroxylation is 1. The maximum atomic E-state index is 5.90. The fourth-order valence-corrected chi connectivity index (χ4v) is 1.76. The average Bonchev–Trinajstić information content (AvgIpc) is 2.43. The first-order valence-electron chi connectivity index (χ1n) is 5.90. The standard InChI is InChI=1S/C14H17N3O2/c1-8-9(2)16-14(17-13(8)15)11-7-10(18-3)5-6-12(11)19-4/h5-7H,1-4H3,(H2,15,16,17). The van der Waals surface area contributed by atoms with Crippen molar-refractivity contribution in [3.63, 3.8) is 0 Å². The van der Waals surface area contributed by atoms with Gasteiger partial charge in [0.1, 0.15) is 17.3 Å². The number of ether oxygens (including phenoxy) is 2. The molecule has 2 N–H and O–H groups in total. The highest BCUT2D eigenvalue weighted by Crippen LogP contribution is 2.32. The molecule has 0 radical (unpaired) electrons. The molecule has 2 rings (SSSR count). The monoisotopic (exact) mass is 259 g/mol. The first kappa shape index (κ1) is 13.1. The zero-order chi connectivity index (χ0) is 14.0. The number of hydrogen-bond donors (Lipinski definition) is 1. The molecule has 1 aromatic heterocycles. The van der Waals surface area contributed by atoms with Crippen LogP contribution in [0.2, 0.25) is 0 Å². The van der Waals surface area contributed by atoms with Gasteiger partial charge in [-0.05, 0) is 32.0 Å². The van der Waals surface area contributed by atoms with Crippen molar-refractivity contribution in [2.45, 2.75) is 13.8 Å². The summed E-state index contributed by atoms with van der Waals surface area (Å²) in [4.78, 5) is 8.78. The van der Waals surface area contributed by atoms with E-state index >= 15 is 0 Å². The molecule has 0 unspecified atom stereocenters. The second kappa shape index (κ2) is 5.14. The fraction of sp³-hybridized carbons (Fsp3) is 0.286. The SMILES string of the molecule is COc1ccc(OC)c(-c2nc(C)c(C)c(N)n2)c1. The van der Waals surface area contributed by atoms with Crippen LogP contribution in [0.5, 0.6) is 11.5 Å². The van der Waals surface area contributed by atoms with Gasteiger partial charge in [0.25, 0.3) is 0 Å². The summed E-state index contributed by atoms with van der Waals surface area (Å²) >= 11 is 0. The van der Waals surface area contributed by atoms with E-state index in [1.165, 1.54) is 0 Å². The summed E-state index contributed by atoms with van der Waals surface area (Å²) in [6.07, 6.45) is 0. The van der Waals surface area contributed by atoms with Gasteiger partial charge in [0.2, 0.25) is 0 Å². The maximum Gasteiger partial charge on any atom is 0.165 e. The summed E-state index contributed by atoms with van der Waals surface area (Å²) in [5.74, 6) is 2.42. The van der Waals surface area contributed by atoms with Crippen molar-refractivity contribution in [3.05, 3.63) is 29.5 Å². The smallest absolute Gasteiger partial charge is 0.165 e. The molecule has 0 atom stereocenters. The van der Waals surface area contributed by atoms with Crippen LogP contribution in [0, 0.1) is 13.8 Å². The van der Waals surface area contributed by atoms with Crippen LogP contribution >= 0.6 is 0 Å². The Bertz CT molecular complexity index is 589. The molecule has 0 bridgehead atoms. The number of anilines is 1. The van der Waals surface area contributed by atoms with E-state index in [0.29, 0.717) is 17.4 Å². The van der Waals surface area contributed by atoms with E-state index in [1.54, 1.807) is 14.2 Å². The predicted octanol–water partition coefficient (Wildman–Crippen LogP) is 2.36. The number of methoxy groups -OCH3 is 2. The lowest BCUT2D eigenvalue weighted by Gasteiger charge is -2.11. The van der Waals surface area contributed by atoms with Crippen molar-refractivity contribution in [3.8, 4) is 22.9 Å².